The van der Waals surface area contributed by atoms with E-state index in [0.717, 1.165) is 44.2 Å². The SMILES string of the molecule is CS(=O)(=O)c1ccc(COC[C@H]2C[C@@H]2C2CCN(Cl)CC2)c(F)c1. The molecular formula is C17H23ClFNO3S. The van der Waals surface area contributed by atoms with Crippen molar-refractivity contribution in [3.63, 3.8) is 0 Å². The predicted octanol–water partition coefficient (Wildman–Crippen LogP) is 3.25. The van der Waals surface area contributed by atoms with Gasteiger partial charge in [-0.25, -0.2) is 17.2 Å². The summed E-state index contributed by atoms with van der Waals surface area (Å²) in [6.45, 7) is 2.72. The second kappa shape index (κ2) is 7.28. The molecule has 1 aliphatic heterocycles. The third kappa shape index (κ3) is 4.48. The summed E-state index contributed by atoms with van der Waals surface area (Å²) in [5, 5.41) is 0. The highest BCUT2D eigenvalue weighted by molar-refractivity contribution is 7.90. The Kier molecular flexibility index (Phi) is 5.49. The first-order valence-electron chi connectivity index (χ1n) is 8.31. The zero-order valence-electron chi connectivity index (χ0n) is 13.7. The van der Waals surface area contributed by atoms with Crippen molar-refractivity contribution in [1.82, 2.24) is 4.42 Å². The normalized spacial score (nSPS) is 25.8. The summed E-state index contributed by atoms with van der Waals surface area (Å²) in [5.74, 6) is 1.49. The molecule has 1 aromatic rings. The molecule has 0 aromatic heterocycles. The second-order valence-corrected chi connectivity index (χ2v) is 9.44. The number of halogens is 2. The molecule has 0 unspecified atom stereocenters. The molecule has 2 fully saturated rings. The van der Waals surface area contributed by atoms with Gasteiger partial charge in [-0.1, -0.05) is 6.07 Å². The van der Waals surface area contributed by atoms with E-state index in [4.69, 9.17) is 16.5 Å². The molecule has 1 saturated heterocycles. The Morgan fingerprint density at radius 3 is 2.67 bits per heavy atom. The van der Waals surface area contributed by atoms with Crippen LogP contribution < -0.4 is 0 Å². The van der Waals surface area contributed by atoms with E-state index in [1.807, 2.05) is 4.42 Å². The topological polar surface area (TPSA) is 46.6 Å². The lowest BCUT2D eigenvalue weighted by Crippen LogP contribution is -2.27. The molecule has 3 rings (SSSR count). The van der Waals surface area contributed by atoms with Crippen LogP contribution in [0.5, 0.6) is 0 Å². The van der Waals surface area contributed by atoms with Crippen LogP contribution in [0.3, 0.4) is 0 Å². The van der Waals surface area contributed by atoms with Gasteiger partial charge in [0.15, 0.2) is 9.84 Å². The molecule has 1 heterocycles. The number of piperidine rings is 1. The quantitative estimate of drug-likeness (QED) is 0.716. The molecule has 2 aliphatic rings. The fourth-order valence-electron chi connectivity index (χ4n) is 3.53. The van der Waals surface area contributed by atoms with Crippen LogP contribution in [-0.2, 0) is 21.2 Å². The number of rotatable bonds is 6. The summed E-state index contributed by atoms with van der Waals surface area (Å²) in [6.07, 6.45) is 4.54. The third-order valence-corrected chi connectivity index (χ3v) is 6.56. The highest BCUT2D eigenvalue weighted by Crippen LogP contribution is 2.48. The van der Waals surface area contributed by atoms with Crippen molar-refractivity contribution in [2.24, 2.45) is 17.8 Å². The maximum absolute atomic E-state index is 14.0. The van der Waals surface area contributed by atoms with Gasteiger partial charge < -0.3 is 4.74 Å². The summed E-state index contributed by atoms with van der Waals surface area (Å²) in [7, 11) is -3.38. The first kappa shape index (κ1) is 18.1. The van der Waals surface area contributed by atoms with Gasteiger partial charge in [-0.15, -0.1) is 0 Å². The van der Waals surface area contributed by atoms with Crippen LogP contribution in [0.1, 0.15) is 24.8 Å². The molecule has 2 atom stereocenters. The number of hydrogen-bond acceptors (Lipinski definition) is 4. The summed E-state index contributed by atoms with van der Waals surface area (Å²) in [4.78, 5) is -0.00311. The van der Waals surface area contributed by atoms with Gasteiger partial charge in [-0.2, -0.15) is 0 Å². The van der Waals surface area contributed by atoms with Crippen molar-refractivity contribution >= 4 is 21.6 Å². The number of benzene rings is 1. The van der Waals surface area contributed by atoms with Crippen LogP contribution in [0.15, 0.2) is 23.1 Å². The van der Waals surface area contributed by atoms with Crippen molar-refractivity contribution in [3.8, 4) is 0 Å². The van der Waals surface area contributed by atoms with Crippen LogP contribution in [0.4, 0.5) is 4.39 Å². The Balaban J connectivity index is 1.45. The van der Waals surface area contributed by atoms with Gasteiger partial charge in [0.05, 0.1) is 18.1 Å². The highest BCUT2D eigenvalue weighted by atomic mass is 35.5. The predicted molar refractivity (Wildman–Crippen MR) is 90.9 cm³/mol. The Labute approximate surface area is 148 Å². The molecule has 0 bridgehead atoms. The average molecular weight is 376 g/mol. The minimum absolute atomic E-state index is 0.00311. The van der Waals surface area contributed by atoms with Crippen LogP contribution in [0.2, 0.25) is 0 Å². The molecule has 0 spiro atoms. The zero-order valence-corrected chi connectivity index (χ0v) is 15.3. The number of sulfone groups is 1. The Morgan fingerprint density at radius 1 is 1.33 bits per heavy atom. The van der Waals surface area contributed by atoms with Crippen molar-refractivity contribution in [2.75, 3.05) is 26.0 Å². The molecule has 24 heavy (non-hydrogen) atoms. The van der Waals surface area contributed by atoms with Crippen molar-refractivity contribution in [3.05, 3.63) is 29.6 Å². The fraction of sp³-hybridized carbons (Fsp3) is 0.647. The largest absolute Gasteiger partial charge is 0.376 e. The first-order chi connectivity index (χ1) is 11.3. The van der Waals surface area contributed by atoms with E-state index in [2.05, 4.69) is 0 Å². The highest BCUT2D eigenvalue weighted by Gasteiger charge is 2.43. The molecule has 1 aromatic carbocycles. The van der Waals surface area contributed by atoms with Gasteiger partial charge in [-0.3, -0.25) is 0 Å². The van der Waals surface area contributed by atoms with Gasteiger partial charge >= 0.3 is 0 Å². The summed E-state index contributed by atoms with van der Waals surface area (Å²) in [5.41, 5.74) is 0.398. The molecule has 1 aliphatic carbocycles. The van der Waals surface area contributed by atoms with E-state index in [-0.39, 0.29) is 11.5 Å². The van der Waals surface area contributed by atoms with Crippen molar-refractivity contribution < 1.29 is 17.5 Å². The molecule has 7 heteroatoms. The number of ether oxygens (including phenoxy) is 1. The third-order valence-electron chi connectivity index (χ3n) is 5.11. The zero-order chi connectivity index (χ0) is 17.3. The van der Waals surface area contributed by atoms with Crippen molar-refractivity contribution in [1.29, 1.82) is 0 Å². The van der Waals surface area contributed by atoms with Gasteiger partial charge in [0.2, 0.25) is 0 Å². The molecule has 0 amide bonds. The van der Waals surface area contributed by atoms with E-state index < -0.39 is 15.7 Å². The molecule has 0 N–H and O–H groups in total. The summed E-state index contributed by atoms with van der Waals surface area (Å²) < 4.78 is 44.3. The molecule has 0 radical (unpaired) electrons. The minimum atomic E-state index is -3.38. The molecule has 1 saturated carbocycles. The number of hydrogen-bond donors (Lipinski definition) is 0. The smallest absolute Gasteiger partial charge is 0.175 e. The van der Waals surface area contributed by atoms with E-state index in [1.54, 1.807) is 0 Å². The van der Waals surface area contributed by atoms with Crippen LogP contribution >= 0.6 is 11.8 Å². The fourth-order valence-corrected chi connectivity index (χ4v) is 4.36. The minimum Gasteiger partial charge on any atom is -0.376 e. The first-order valence-corrected chi connectivity index (χ1v) is 10.5. The Hall–Kier alpha value is -0.690. The maximum Gasteiger partial charge on any atom is 0.175 e. The lowest BCUT2D eigenvalue weighted by atomic mass is 9.92. The Bertz CT molecular complexity index is 689. The average Bonchev–Trinajstić information content (AvgIpc) is 3.28. The number of nitrogens with zero attached hydrogens (tertiary/aromatic N) is 1. The van der Waals surface area contributed by atoms with Gasteiger partial charge in [0, 0.05) is 24.9 Å². The van der Waals surface area contributed by atoms with E-state index in [1.165, 1.54) is 18.6 Å². The van der Waals surface area contributed by atoms with Crippen LogP contribution in [-0.4, -0.2) is 38.8 Å². The van der Waals surface area contributed by atoms with E-state index in [0.29, 0.717) is 24.0 Å². The maximum atomic E-state index is 14.0. The summed E-state index contributed by atoms with van der Waals surface area (Å²) >= 11 is 5.98. The second-order valence-electron chi connectivity index (χ2n) is 6.95. The molecule has 134 valence electrons. The molecular weight excluding hydrogens is 353 g/mol. The van der Waals surface area contributed by atoms with Crippen LogP contribution in [0, 0.1) is 23.6 Å². The Morgan fingerprint density at radius 2 is 2.04 bits per heavy atom. The lowest BCUT2D eigenvalue weighted by molar-refractivity contribution is 0.100. The molecule has 4 nitrogen and oxygen atoms in total. The summed E-state index contributed by atoms with van der Waals surface area (Å²) in [6, 6.07) is 3.98. The van der Waals surface area contributed by atoms with E-state index in [9.17, 15) is 12.8 Å². The monoisotopic (exact) mass is 375 g/mol. The standard InChI is InChI=1S/C17H23ClFNO3S/c1-24(21,22)15-3-2-13(17(19)9-15)10-23-11-14-8-16(14)12-4-6-20(18)7-5-12/h2-3,9,12,14,16H,4-8,10-11H2,1H3/t14-,16-/m1/s1. The van der Waals surface area contributed by atoms with Gasteiger partial charge in [0.25, 0.3) is 0 Å². The van der Waals surface area contributed by atoms with E-state index >= 15 is 0 Å². The van der Waals surface area contributed by atoms with Gasteiger partial charge in [0.1, 0.15) is 5.82 Å². The van der Waals surface area contributed by atoms with Crippen molar-refractivity contribution in [2.45, 2.75) is 30.8 Å². The lowest BCUT2D eigenvalue weighted by Gasteiger charge is -2.27. The van der Waals surface area contributed by atoms with Gasteiger partial charge in [-0.05, 0) is 60.9 Å². The van der Waals surface area contributed by atoms with Crippen LogP contribution in [0.25, 0.3) is 0 Å².